The van der Waals surface area contributed by atoms with Gasteiger partial charge in [0.25, 0.3) is 0 Å². The van der Waals surface area contributed by atoms with Crippen molar-refractivity contribution in [2.75, 3.05) is 12.0 Å². The fraction of sp³-hybridized carbons (Fsp3) is 0.333. The van der Waals surface area contributed by atoms with Crippen LogP contribution < -0.4 is 5.73 Å². The molecule has 0 aliphatic heterocycles. The zero-order valence-electron chi connectivity index (χ0n) is 6.11. The maximum absolute atomic E-state index is 8.72. The summed E-state index contributed by atoms with van der Waals surface area (Å²) in [4.78, 5) is 7.87. The van der Waals surface area contributed by atoms with Crippen LogP contribution in [0.25, 0.3) is 0 Å². The number of aromatic nitrogens is 2. The second kappa shape index (κ2) is 3.54. The second-order valence-corrected chi connectivity index (χ2v) is 2.70. The molecule has 4 nitrogen and oxygen atoms in total. The summed E-state index contributed by atoms with van der Waals surface area (Å²) >= 11 is 1.42. The summed E-state index contributed by atoms with van der Waals surface area (Å²) in [5.74, 6) is 0.354. The van der Waals surface area contributed by atoms with Gasteiger partial charge in [0, 0.05) is 11.8 Å². The van der Waals surface area contributed by atoms with Gasteiger partial charge in [-0.25, -0.2) is 9.97 Å². The zero-order chi connectivity index (χ0) is 8.27. The van der Waals surface area contributed by atoms with Crippen molar-refractivity contribution in [2.24, 2.45) is 0 Å². The first-order valence-electron chi connectivity index (χ1n) is 3.04. The summed E-state index contributed by atoms with van der Waals surface area (Å²) in [7, 11) is 0. The molecule has 0 saturated carbocycles. The van der Waals surface area contributed by atoms with Gasteiger partial charge in [-0.05, 0) is 6.26 Å². The largest absolute Gasteiger partial charge is 0.391 e. The third-order valence-corrected chi connectivity index (χ3v) is 1.79. The minimum atomic E-state index is -0.111. The zero-order valence-corrected chi connectivity index (χ0v) is 6.93. The van der Waals surface area contributed by atoms with Crippen molar-refractivity contribution < 1.29 is 5.11 Å². The van der Waals surface area contributed by atoms with Gasteiger partial charge >= 0.3 is 0 Å². The highest BCUT2D eigenvalue weighted by Gasteiger charge is 2.00. The Kier molecular flexibility index (Phi) is 2.67. The molecule has 1 aromatic rings. The molecule has 0 atom stereocenters. The van der Waals surface area contributed by atoms with E-state index in [1.165, 1.54) is 18.0 Å². The molecule has 0 amide bonds. The molecule has 1 heterocycles. The SMILES string of the molecule is CSc1ncc(CO)c(N)n1. The Morgan fingerprint density at radius 3 is 2.91 bits per heavy atom. The number of nitrogens with zero attached hydrogens (tertiary/aromatic N) is 2. The van der Waals surface area contributed by atoms with E-state index in [4.69, 9.17) is 10.8 Å². The van der Waals surface area contributed by atoms with Crippen molar-refractivity contribution in [3.05, 3.63) is 11.8 Å². The minimum absolute atomic E-state index is 0.111. The first-order valence-corrected chi connectivity index (χ1v) is 4.26. The number of rotatable bonds is 2. The highest BCUT2D eigenvalue weighted by atomic mass is 32.2. The van der Waals surface area contributed by atoms with Gasteiger partial charge in [-0.15, -0.1) is 0 Å². The van der Waals surface area contributed by atoms with Gasteiger partial charge in [-0.3, -0.25) is 0 Å². The van der Waals surface area contributed by atoms with Crippen molar-refractivity contribution in [3.8, 4) is 0 Å². The molecule has 60 valence electrons. The summed E-state index contributed by atoms with van der Waals surface area (Å²) in [6, 6.07) is 0. The molecule has 3 N–H and O–H groups in total. The maximum atomic E-state index is 8.72. The number of nitrogens with two attached hydrogens (primary N) is 1. The summed E-state index contributed by atoms with van der Waals surface area (Å²) in [6.45, 7) is -0.111. The van der Waals surface area contributed by atoms with Crippen LogP contribution in [0.15, 0.2) is 11.4 Å². The van der Waals surface area contributed by atoms with Crippen LogP contribution in [0.1, 0.15) is 5.56 Å². The van der Waals surface area contributed by atoms with Crippen molar-refractivity contribution in [3.63, 3.8) is 0 Å². The monoisotopic (exact) mass is 171 g/mol. The number of hydrogen-bond donors (Lipinski definition) is 2. The molecular formula is C6H9N3OS. The Balaban J connectivity index is 2.99. The van der Waals surface area contributed by atoms with Crippen LogP contribution in [0.5, 0.6) is 0 Å². The average Bonchev–Trinajstić information content (AvgIpc) is 2.04. The number of aliphatic hydroxyl groups is 1. The van der Waals surface area contributed by atoms with Gasteiger partial charge in [0.05, 0.1) is 6.61 Å². The third kappa shape index (κ3) is 1.81. The number of aliphatic hydroxyl groups excluding tert-OH is 1. The standard InChI is InChI=1S/C6H9N3OS/c1-11-6-8-2-4(3-10)5(7)9-6/h2,10H,3H2,1H3,(H2,7,8,9). The highest BCUT2D eigenvalue weighted by Crippen LogP contribution is 2.12. The minimum Gasteiger partial charge on any atom is -0.391 e. The fourth-order valence-electron chi connectivity index (χ4n) is 0.623. The second-order valence-electron chi connectivity index (χ2n) is 1.93. The topological polar surface area (TPSA) is 72.0 Å². The summed E-state index contributed by atoms with van der Waals surface area (Å²) in [5.41, 5.74) is 6.06. The molecular weight excluding hydrogens is 162 g/mol. The Labute approximate surface area is 68.9 Å². The lowest BCUT2D eigenvalue weighted by Gasteiger charge is -2.00. The van der Waals surface area contributed by atoms with E-state index in [9.17, 15) is 0 Å². The molecule has 0 aromatic carbocycles. The van der Waals surface area contributed by atoms with Gasteiger partial charge < -0.3 is 10.8 Å². The van der Waals surface area contributed by atoms with Crippen LogP contribution in [0.4, 0.5) is 5.82 Å². The van der Waals surface area contributed by atoms with Crippen LogP contribution in [0.2, 0.25) is 0 Å². The molecule has 0 bridgehead atoms. The predicted octanol–water partition coefficient (Wildman–Crippen LogP) is 0.273. The first kappa shape index (κ1) is 8.29. The van der Waals surface area contributed by atoms with Gasteiger partial charge in [-0.1, -0.05) is 11.8 Å². The van der Waals surface area contributed by atoms with E-state index in [1.807, 2.05) is 6.26 Å². The van der Waals surface area contributed by atoms with Crippen molar-refractivity contribution in [1.29, 1.82) is 0 Å². The quantitative estimate of drug-likeness (QED) is 0.493. The summed E-state index contributed by atoms with van der Waals surface area (Å²) in [5, 5.41) is 9.34. The lowest BCUT2D eigenvalue weighted by Crippen LogP contribution is -2.00. The lowest BCUT2D eigenvalue weighted by molar-refractivity contribution is 0.281. The Bertz CT molecular complexity index is 254. The number of nitrogen functional groups attached to an aromatic ring is 1. The molecule has 0 unspecified atom stereocenters. The van der Waals surface area contributed by atoms with Crippen LogP contribution in [0.3, 0.4) is 0 Å². The normalized spacial score (nSPS) is 10.0. The van der Waals surface area contributed by atoms with E-state index in [1.54, 1.807) is 0 Å². The Hall–Kier alpha value is -0.810. The predicted molar refractivity (Wildman–Crippen MR) is 44.1 cm³/mol. The molecule has 1 rings (SSSR count). The van der Waals surface area contributed by atoms with E-state index >= 15 is 0 Å². The van der Waals surface area contributed by atoms with E-state index in [0.717, 1.165) is 0 Å². The number of anilines is 1. The van der Waals surface area contributed by atoms with Crippen LogP contribution in [0, 0.1) is 0 Å². The smallest absolute Gasteiger partial charge is 0.189 e. The maximum Gasteiger partial charge on any atom is 0.189 e. The van der Waals surface area contributed by atoms with Gasteiger partial charge in [0.1, 0.15) is 5.82 Å². The molecule has 5 heteroatoms. The van der Waals surface area contributed by atoms with E-state index in [0.29, 0.717) is 16.5 Å². The van der Waals surface area contributed by atoms with Gasteiger partial charge in [-0.2, -0.15) is 0 Å². The first-order chi connectivity index (χ1) is 5.27. The fourth-order valence-corrected chi connectivity index (χ4v) is 0.971. The van der Waals surface area contributed by atoms with Gasteiger partial charge in [0.15, 0.2) is 5.16 Å². The molecule has 0 fully saturated rings. The van der Waals surface area contributed by atoms with Crippen molar-refractivity contribution in [1.82, 2.24) is 9.97 Å². The van der Waals surface area contributed by atoms with E-state index in [-0.39, 0.29) is 6.61 Å². The lowest BCUT2D eigenvalue weighted by atomic mass is 10.3. The molecule has 11 heavy (non-hydrogen) atoms. The van der Waals surface area contributed by atoms with E-state index in [2.05, 4.69) is 9.97 Å². The van der Waals surface area contributed by atoms with Gasteiger partial charge in [0.2, 0.25) is 0 Å². The third-order valence-electron chi connectivity index (χ3n) is 1.23. The van der Waals surface area contributed by atoms with Crippen LogP contribution in [-0.2, 0) is 6.61 Å². The van der Waals surface area contributed by atoms with Crippen molar-refractivity contribution >= 4 is 17.6 Å². The van der Waals surface area contributed by atoms with E-state index < -0.39 is 0 Å². The highest BCUT2D eigenvalue weighted by molar-refractivity contribution is 7.98. The Morgan fingerprint density at radius 1 is 1.73 bits per heavy atom. The molecule has 0 aliphatic carbocycles. The van der Waals surface area contributed by atoms with Crippen molar-refractivity contribution in [2.45, 2.75) is 11.8 Å². The molecule has 1 aromatic heterocycles. The Morgan fingerprint density at radius 2 is 2.45 bits per heavy atom. The summed E-state index contributed by atoms with van der Waals surface area (Å²) < 4.78 is 0. The van der Waals surface area contributed by atoms with Crippen LogP contribution in [-0.4, -0.2) is 21.3 Å². The molecule has 0 aliphatic rings. The summed E-state index contributed by atoms with van der Waals surface area (Å²) in [6.07, 6.45) is 3.40. The molecule has 0 radical (unpaired) electrons. The molecule has 0 saturated heterocycles. The van der Waals surface area contributed by atoms with Crippen LogP contribution >= 0.6 is 11.8 Å². The number of thioether (sulfide) groups is 1. The molecule has 0 spiro atoms. The number of hydrogen-bond acceptors (Lipinski definition) is 5. The average molecular weight is 171 g/mol.